The predicted octanol–water partition coefficient (Wildman–Crippen LogP) is 4.36. The van der Waals surface area contributed by atoms with Crippen molar-refractivity contribution in [3.63, 3.8) is 0 Å². The van der Waals surface area contributed by atoms with Gasteiger partial charge in [0.2, 0.25) is 0 Å². The van der Waals surface area contributed by atoms with E-state index >= 15 is 0 Å². The standard InChI is InChI=1S/C31H34FN9O2/c1-38(2)20-12-15-41(16-13-20)29-22(9-10-24-27(29)28(37-40(24)4)19-17-34-39(3)18-19)36-31(42)23-11-14-33-30(35-23)26-21(32)7-6-8-25(26)43-5/h6-11,14,17-18,20H,12-13,15-16H2,1-5H3,(H,36,42). The number of carbonyl (C=O) groups excluding carboxylic acids is 1. The minimum absolute atomic E-state index is 0.0650. The van der Waals surface area contributed by atoms with Crippen LogP contribution in [0.1, 0.15) is 23.3 Å². The van der Waals surface area contributed by atoms with Crippen molar-refractivity contribution < 1.29 is 13.9 Å². The molecule has 0 atom stereocenters. The summed E-state index contributed by atoms with van der Waals surface area (Å²) in [5.74, 6) is -0.624. The molecule has 1 saturated heterocycles. The molecule has 0 saturated carbocycles. The zero-order valence-electron chi connectivity index (χ0n) is 24.9. The van der Waals surface area contributed by atoms with Crippen molar-refractivity contribution >= 4 is 28.2 Å². The van der Waals surface area contributed by atoms with Gasteiger partial charge in [-0.15, -0.1) is 0 Å². The summed E-state index contributed by atoms with van der Waals surface area (Å²) >= 11 is 0. The van der Waals surface area contributed by atoms with Crippen molar-refractivity contribution in [1.29, 1.82) is 0 Å². The third-order valence-corrected chi connectivity index (χ3v) is 8.04. The van der Waals surface area contributed by atoms with Gasteiger partial charge in [-0.25, -0.2) is 14.4 Å². The van der Waals surface area contributed by atoms with Crippen LogP contribution in [-0.4, -0.2) is 80.7 Å². The summed E-state index contributed by atoms with van der Waals surface area (Å²) in [7, 11) is 9.47. The molecule has 6 rings (SSSR count). The van der Waals surface area contributed by atoms with E-state index in [-0.39, 0.29) is 22.8 Å². The second kappa shape index (κ2) is 11.4. The van der Waals surface area contributed by atoms with Gasteiger partial charge in [-0.3, -0.25) is 14.2 Å². The first-order valence-electron chi connectivity index (χ1n) is 14.1. The van der Waals surface area contributed by atoms with Crippen LogP contribution in [0.3, 0.4) is 0 Å². The van der Waals surface area contributed by atoms with Gasteiger partial charge >= 0.3 is 0 Å². The zero-order valence-corrected chi connectivity index (χ0v) is 24.9. The number of aromatic nitrogens is 6. The van der Waals surface area contributed by atoms with E-state index in [1.165, 1.54) is 25.4 Å². The number of nitrogens with zero attached hydrogens (tertiary/aromatic N) is 8. The lowest BCUT2D eigenvalue weighted by atomic mass is 10.0. The van der Waals surface area contributed by atoms with Gasteiger partial charge in [0.05, 0.1) is 41.1 Å². The van der Waals surface area contributed by atoms with Crippen molar-refractivity contribution in [3.8, 4) is 28.4 Å². The third-order valence-electron chi connectivity index (χ3n) is 8.04. The summed E-state index contributed by atoms with van der Waals surface area (Å²) in [5.41, 5.74) is 4.37. The predicted molar refractivity (Wildman–Crippen MR) is 164 cm³/mol. The normalized spacial score (nSPS) is 14.1. The summed E-state index contributed by atoms with van der Waals surface area (Å²) < 4.78 is 23.7. The number of benzene rings is 2. The molecule has 12 heteroatoms. The number of rotatable bonds is 7. The summed E-state index contributed by atoms with van der Waals surface area (Å²) in [4.78, 5) is 27.0. The monoisotopic (exact) mass is 583 g/mol. The molecule has 0 bridgehead atoms. The lowest BCUT2D eigenvalue weighted by molar-refractivity contribution is 0.102. The topological polar surface area (TPSA) is 106 Å². The van der Waals surface area contributed by atoms with Crippen molar-refractivity contribution in [2.24, 2.45) is 14.1 Å². The minimum atomic E-state index is -0.537. The van der Waals surface area contributed by atoms with E-state index in [0.717, 1.165) is 53.8 Å². The third kappa shape index (κ3) is 5.29. The van der Waals surface area contributed by atoms with Crippen molar-refractivity contribution in [2.75, 3.05) is 44.5 Å². The molecular weight excluding hydrogens is 549 g/mol. The van der Waals surface area contributed by atoms with Crippen LogP contribution in [0.4, 0.5) is 15.8 Å². The van der Waals surface area contributed by atoms with Gasteiger partial charge in [0.1, 0.15) is 23.0 Å². The average Bonchev–Trinajstić information content (AvgIpc) is 3.59. The highest BCUT2D eigenvalue weighted by molar-refractivity contribution is 6.12. The number of carbonyl (C=O) groups is 1. The van der Waals surface area contributed by atoms with Crippen molar-refractivity contribution in [3.05, 3.63) is 66.5 Å². The van der Waals surface area contributed by atoms with Gasteiger partial charge in [-0.2, -0.15) is 10.2 Å². The molecule has 0 unspecified atom stereocenters. The number of fused-ring (bicyclic) bond motifs is 1. The van der Waals surface area contributed by atoms with Gasteiger partial charge in [0.15, 0.2) is 5.82 Å². The maximum Gasteiger partial charge on any atom is 0.274 e. The first-order chi connectivity index (χ1) is 20.7. The largest absolute Gasteiger partial charge is 0.496 e. The number of methoxy groups -OCH3 is 1. The van der Waals surface area contributed by atoms with E-state index in [9.17, 15) is 9.18 Å². The smallest absolute Gasteiger partial charge is 0.274 e. The van der Waals surface area contributed by atoms with E-state index < -0.39 is 11.7 Å². The fraction of sp³-hybridized carbons (Fsp3) is 0.323. The fourth-order valence-electron chi connectivity index (χ4n) is 5.80. The van der Waals surface area contributed by atoms with Gasteiger partial charge in [0.25, 0.3) is 5.91 Å². The van der Waals surface area contributed by atoms with E-state index in [2.05, 4.69) is 44.3 Å². The Morgan fingerprint density at radius 3 is 2.60 bits per heavy atom. The van der Waals surface area contributed by atoms with Crippen LogP contribution in [0.5, 0.6) is 5.75 Å². The molecule has 0 spiro atoms. The van der Waals surface area contributed by atoms with Gasteiger partial charge < -0.3 is 19.9 Å². The molecule has 222 valence electrons. The van der Waals surface area contributed by atoms with Crippen molar-refractivity contribution in [1.82, 2.24) is 34.4 Å². The first kappa shape index (κ1) is 28.3. The van der Waals surface area contributed by atoms with Gasteiger partial charge in [-0.05, 0) is 57.3 Å². The van der Waals surface area contributed by atoms with Crippen LogP contribution in [-0.2, 0) is 14.1 Å². The molecular formula is C31H34FN9O2. The van der Waals surface area contributed by atoms with Gasteiger partial charge in [0, 0.05) is 51.2 Å². The van der Waals surface area contributed by atoms with Crippen LogP contribution in [0.2, 0.25) is 0 Å². The Bertz CT molecular complexity index is 1800. The fourth-order valence-corrected chi connectivity index (χ4v) is 5.80. The highest BCUT2D eigenvalue weighted by Crippen LogP contribution is 2.42. The van der Waals surface area contributed by atoms with Crippen molar-refractivity contribution in [2.45, 2.75) is 18.9 Å². The molecule has 5 aromatic rings. The molecule has 1 N–H and O–H groups in total. The van der Waals surface area contributed by atoms with E-state index in [1.54, 1.807) is 23.0 Å². The Labute approximate surface area is 248 Å². The number of ether oxygens (including phenoxy) is 1. The number of nitrogens with one attached hydrogen (secondary N) is 1. The second-order valence-electron chi connectivity index (χ2n) is 10.9. The highest BCUT2D eigenvalue weighted by atomic mass is 19.1. The maximum absolute atomic E-state index is 14.8. The number of amides is 1. The highest BCUT2D eigenvalue weighted by Gasteiger charge is 2.28. The summed E-state index contributed by atoms with van der Waals surface area (Å²) in [6.45, 7) is 1.63. The molecule has 1 amide bonds. The molecule has 1 aliphatic rings. The molecule has 1 aliphatic heterocycles. The van der Waals surface area contributed by atoms with Crippen LogP contribution in [0.15, 0.2) is 55.0 Å². The second-order valence-corrected chi connectivity index (χ2v) is 10.9. The molecule has 11 nitrogen and oxygen atoms in total. The lowest BCUT2D eigenvalue weighted by Gasteiger charge is -2.37. The average molecular weight is 584 g/mol. The Morgan fingerprint density at radius 1 is 1.12 bits per heavy atom. The minimum Gasteiger partial charge on any atom is -0.496 e. The number of aryl methyl sites for hydroxylation is 2. The van der Waals surface area contributed by atoms with Crippen LogP contribution < -0.4 is 15.0 Å². The lowest BCUT2D eigenvalue weighted by Crippen LogP contribution is -2.42. The van der Waals surface area contributed by atoms with Gasteiger partial charge in [-0.1, -0.05) is 6.07 Å². The molecule has 2 aromatic carbocycles. The van der Waals surface area contributed by atoms with E-state index in [1.807, 2.05) is 37.1 Å². The summed E-state index contributed by atoms with van der Waals surface area (Å²) in [6, 6.07) is 10.3. The number of hydrogen-bond donors (Lipinski definition) is 1. The van der Waals surface area contributed by atoms with Crippen LogP contribution in [0.25, 0.3) is 33.5 Å². The Kier molecular flexibility index (Phi) is 7.53. The molecule has 4 heterocycles. The van der Waals surface area contributed by atoms with E-state index in [4.69, 9.17) is 9.84 Å². The number of piperidine rings is 1. The zero-order chi connectivity index (χ0) is 30.2. The molecule has 0 radical (unpaired) electrons. The molecule has 0 aliphatic carbocycles. The Morgan fingerprint density at radius 2 is 1.91 bits per heavy atom. The Balaban J connectivity index is 1.43. The van der Waals surface area contributed by atoms with Crippen LogP contribution >= 0.6 is 0 Å². The summed E-state index contributed by atoms with van der Waals surface area (Å²) in [6.07, 6.45) is 7.15. The summed E-state index contributed by atoms with van der Waals surface area (Å²) in [5, 5.41) is 13.3. The first-order valence-corrected chi connectivity index (χ1v) is 14.1. The number of halogens is 1. The molecule has 43 heavy (non-hydrogen) atoms. The Hall–Kier alpha value is -4.84. The van der Waals surface area contributed by atoms with E-state index in [0.29, 0.717) is 11.7 Å². The SMILES string of the molecule is COc1cccc(F)c1-c1nccc(C(=O)Nc2ccc3c(c(-c4cnn(C)c4)nn3C)c2N2CCC(N(C)C)CC2)n1. The number of hydrogen-bond acceptors (Lipinski definition) is 8. The molecule has 1 fully saturated rings. The number of anilines is 2. The quantitative estimate of drug-likeness (QED) is 0.301. The van der Waals surface area contributed by atoms with Crippen LogP contribution in [0, 0.1) is 5.82 Å². The molecule has 3 aromatic heterocycles. The maximum atomic E-state index is 14.8.